The number of primary sulfonamides is 1. The molecule has 0 aliphatic heterocycles. The fourth-order valence-electron chi connectivity index (χ4n) is 2.44. The van der Waals surface area contributed by atoms with E-state index in [2.05, 4.69) is 15.4 Å². The van der Waals surface area contributed by atoms with Crippen LogP contribution in [0, 0.1) is 6.92 Å². The lowest BCUT2D eigenvalue weighted by Gasteiger charge is -2.07. The predicted octanol–water partition coefficient (Wildman–Crippen LogP) is 0.658. The van der Waals surface area contributed by atoms with Gasteiger partial charge in [-0.3, -0.25) is 4.79 Å². The van der Waals surface area contributed by atoms with Crippen LogP contribution in [-0.2, 0) is 16.4 Å². The summed E-state index contributed by atoms with van der Waals surface area (Å²) in [6.45, 7) is 2.24. The molecule has 9 heteroatoms. The highest BCUT2D eigenvalue weighted by atomic mass is 32.2. The Hall–Kier alpha value is -2.78. The van der Waals surface area contributed by atoms with Gasteiger partial charge in [0.05, 0.1) is 10.6 Å². The summed E-state index contributed by atoms with van der Waals surface area (Å²) in [6, 6.07) is 9.65. The van der Waals surface area contributed by atoms with E-state index in [-0.39, 0.29) is 10.8 Å². The molecule has 0 radical (unpaired) electrons. The maximum Gasteiger partial charge on any atom is 0.270 e. The van der Waals surface area contributed by atoms with Gasteiger partial charge in [0.1, 0.15) is 5.69 Å². The zero-order chi connectivity index (χ0) is 18.0. The highest BCUT2D eigenvalue weighted by Gasteiger charge is 2.12. The van der Waals surface area contributed by atoms with Crippen molar-refractivity contribution < 1.29 is 13.2 Å². The van der Waals surface area contributed by atoms with Crippen molar-refractivity contribution in [1.82, 2.24) is 19.9 Å². The first-order valence-electron chi connectivity index (χ1n) is 7.56. The van der Waals surface area contributed by atoms with E-state index in [0.29, 0.717) is 24.3 Å². The SMILES string of the molecule is Cc1cc2nccc(C(=O)NCCc3ccc(S(N)(=O)=O)cc3)n2n1. The highest BCUT2D eigenvalue weighted by molar-refractivity contribution is 7.89. The summed E-state index contributed by atoms with van der Waals surface area (Å²) in [5.74, 6) is -0.253. The van der Waals surface area contributed by atoms with Crippen molar-refractivity contribution in [2.75, 3.05) is 6.54 Å². The predicted molar refractivity (Wildman–Crippen MR) is 91.6 cm³/mol. The molecule has 0 saturated heterocycles. The zero-order valence-corrected chi connectivity index (χ0v) is 14.3. The molecule has 3 rings (SSSR count). The van der Waals surface area contributed by atoms with Gasteiger partial charge in [-0.2, -0.15) is 5.10 Å². The molecule has 2 heterocycles. The van der Waals surface area contributed by atoms with Crippen LogP contribution in [0.3, 0.4) is 0 Å². The smallest absolute Gasteiger partial charge is 0.270 e. The van der Waals surface area contributed by atoms with Crippen LogP contribution in [0.1, 0.15) is 21.7 Å². The van der Waals surface area contributed by atoms with Gasteiger partial charge in [-0.05, 0) is 37.1 Å². The molecule has 3 aromatic rings. The van der Waals surface area contributed by atoms with E-state index in [1.807, 2.05) is 6.92 Å². The number of aromatic nitrogens is 3. The summed E-state index contributed by atoms with van der Waals surface area (Å²) in [5, 5.41) is 12.1. The third-order valence-corrected chi connectivity index (χ3v) is 4.59. The first-order valence-corrected chi connectivity index (χ1v) is 9.10. The summed E-state index contributed by atoms with van der Waals surface area (Å²) in [5.41, 5.74) is 2.69. The quantitative estimate of drug-likeness (QED) is 0.693. The monoisotopic (exact) mass is 359 g/mol. The Morgan fingerprint density at radius 3 is 2.64 bits per heavy atom. The lowest BCUT2D eigenvalue weighted by atomic mass is 10.1. The average Bonchev–Trinajstić information content (AvgIpc) is 2.94. The van der Waals surface area contributed by atoms with Gasteiger partial charge >= 0.3 is 0 Å². The molecule has 0 bridgehead atoms. The van der Waals surface area contributed by atoms with E-state index < -0.39 is 10.0 Å². The summed E-state index contributed by atoms with van der Waals surface area (Å²) in [6.07, 6.45) is 2.13. The fraction of sp³-hybridized carbons (Fsp3) is 0.188. The maximum absolute atomic E-state index is 12.3. The van der Waals surface area contributed by atoms with Gasteiger partial charge in [0.15, 0.2) is 5.65 Å². The molecular formula is C16H17N5O3S. The molecule has 25 heavy (non-hydrogen) atoms. The Bertz CT molecular complexity index is 1030. The number of amides is 1. The van der Waals surface area contributed by atoms with Crippen LogP contribution in [0.15, 0.2) is 47.5 Å². The van der Waals surface area contributed by atoms with Gasteiger partial charge < -0.3 is 5.32 Å². The number of hydrogen-bond donors (Lipinski definition) is 2. The molecule has 2 aromatic heterocycles. The van der Waals surface area contributed by atoms with Crippen molar-refractivity contribution >= 4 is 21.6 Å². The third-order valence-electron chi connectivity index (χ3n) is 3.66. The molecule has 0 unspecified atom stereocenters. The minimum Gasteiger partial charge on any atom is -0.350 e. The van der Waals surface area contributed by atoms with Crippen molar-refractivity contribution in [3.8, 4) is 0 Å². The van der Waals surface area contributed by atoms with E-state index in [9.17, 15) is 13.2 Å². The zero-order valence-electron chi connectivity index (χ0n) is 13.5. The molecule has 1 amide bonds. The summed E-state index contributed by atoms with van der Waals surface area (Å²) >= 11 is 0. The number of nitrogens with zero attached hydrogens (tertiary/aromatic N) is 3. The number of fused-ring (bicyclic) bond motifs is 1. The number of benzene rings is 1. The van der Waals surface area contributed by atoms with Gasteiger partial charge in [0.25, 0.3) is 5.91 Å². The van der Waals surface area contributed by atoms with E-state index in [0.717, 1.165) is 11.3 Å². The Balaban J connectivity index is 1.64. The second kappa shape index (κ2) is 6.61. The molecule has 0 saturated carbocycles. The van der Waals surface area contributed by atoms with Crippen molar-refractivity contribution in [2.45, 2.75) is 18.2 Å². The van der Waals surface area contributed by atoms with Gasteiger partial charge in [-0.25, -0.2) is 23.1 Å². The Kier molecular flexibility index (Phi) is 4.51. The van der Waals surface area contributed by atoms with Crippen LogP contribution >= 0.6 is 0 Å². The van der Waals surface area contributed by atoms with Crippen LogP contribution in [-0.4, -0.2) is 35.5 Å². The molecule has 3 N–H and O–H groups in total. The lowest BCUT2D eigenvalue weighted by molar-refractivity contribution is 0.0946. The first kappa shape index (κ1) is 17.1. The summed E-state index contributed by atoms with van der Waals surface area (Å²) < 4.78 is 23.9. The average molecular weight is 359 g/mol. The van der Waals surface area contributed by atoms with Gasteiger partial charge in [0, 0.05) is 18.8 Å². The number of rotatable bonds is 5. The highest BCUT2D eigenvalue weighted by Crippen LogP contribution is 2.09. The van der Waals surface area contributed by atoms with Crippen molar-refractivity contribution in [2.24, 2.45) is 5.14 Å². The van der Waals surface area contributed by atoms with Gasteiger partial charge in [-0.1, -0.05) is 12.1 Å². The molecule has 0 atom stereocenters. The van der Waals surface area contributed by atoms with Crippen LogP contribution in [0.4, 0.5) is 0 Å². The normalized spacial score (nSPS) is 11.6. The minimum atomic E-state index is -3.69. The molecule has 0 aliphatic carbocycles. The van der Waals surface area contributed by atoms with E-state index in [4.69, 9.17) is 5.14 Å². The number of sulfonamides is 1. The number of nitrogens with one attached hydrogen (secondary N) is 1. The maximum atomic E-state index is 12.3. The lowest BCUT2D eigenvalue weighted by Crippen LogP contribution is -2.27. The molecule has 0 spiro atoms. The van der Waals surface area contributed by atoms with E-state index in [1.54, 1.807) is 30.5 Å². The van der Waals surface area contributed by atoms with Crippen LogP contribution in [0.25, 0.3) is 5.65 Å². The van der Waals surface area contributed by atoms with E-state index >= 15 is 0 Å². The minimum absolute atomic E-state index is 0.0634. The van der Waals surface area contributed by atoms with Crippen molar-refractivity contribution in [3.63, 3.8) is 0 Å². The first-order chi connectivity index (χ1) is 11.8. The van der Waals surface area contributed by atoms with Crippen molar-refractivity contribution in [1.29, 1.82) is 0 Å². The van der Waals surface area contributed by atoms with Crippen LogP contribution < -0.4 is 10.5 Å². The second-order valence-corrected chi connectivity index (χ2v) is 7.14. The summed E-state index contributed by atoms with van der Waals surface area (Å²) in [7, 11) is -3.69. The van der Waals surface area contributed by atoms with Crippen LogP contribution in [0.5, 0.6) is 0 Å². The summed E-state index contributed by atoms with van der Waals surface area (Å²) in [4.78, 5) is 16.6. The van der Waals surface area contributed by atoms with Gasteiger partial charge in [-0.15, -0.1) is 0 Å². The molecule has 0 fully saturated rings. The van der Waals surface area contributed by atoms with Crippen molar-refractivity contribution in [3.05, 3.63) is 59.5 Å². The Morgan fingerprint density at radius 1 is 1.24 bits per heavy atom. The molecular weight excluding hydrogens is 342 g/mol. The standard InChI is InChI=1S/C16H17N5O3S/c1-11-10-15-18-9-7-14(21(15)20-11)16(22)19-8-6-12-2-4-13(5-3-12)25(17,23)24/h2-5,7,9-10H,6,8H2,1H3,(H,19,22)(H2,17,23,24). The fourth-order valence-corrected chi connectivity index (χ4v) is 2.95. The van der Waals surface area contributed by atoms with Gasteiger partial charge in [0.2, 0.25) is 10.0 Å². The molecule has 8 nitrogen and oxygen atoms in total. The second-order valence-electron chi connectivity index (χ2n) is 5.58. The molecule has 130 valence electrons. The topological polar surface area (TPSA) is 119 Å². The largest absolute Gasteiger partial charge is 0.350 e. The Morgan fingerprint density at radius 2 is 1.96 bits per heavy atom. The number of carbonyl (C=O) groups is 1. The number of hydrogen-bond acceptors (Lipinski definition) is 5. The number of nitrogens with two attached hydrogens (primary N) is 1. The van der Waals surface area contributed by atoms with E-state index in [1.165, 1.54) is 16.6 Å². The molecule has 1 aromatic carbocycles. The van der Waals surface area contributed by atoms with Crippen LogP contribution in [0.2, 0.25) is 0 Å². The number of carbonyl (C=O) groups excluding carboxylic acids is 1. The number of aryl methyl sites for hydroxylation is 1. The molecule has 0 aliphatic rings. The third kappa shape index (κ3) is 3.83. The Labute approximate surface area is 144 Å².